The lowest BCUT2D eigenvalue weighted by Gasteiger charge is -2.37. The third kappa shape index (κ3) is 3.38. The van der Waals surface area contributed by atoms with Crippen molar-refractivity contribution in [1.29, 1.82) is 0 Å². The van der Waals surface area contributed by atoms with Crippen molar-refractivity contribution in [2.24, 2.45) is 0 Å². The van der Waals surface area contributed by atoms with Crippen molar-refractivity contribution in [3.8, 4) is 11.5 Å². The maximum absolute atomic E-state index is 13.0. The third-order valence-electron chi connectivity index (χ3n) is 4.79. The van der Waals surface area contributed by atoms with E-state index < -0.39 is 23.6 Å². The summed E-state index contributed by atoms with van der Waals surface area (Å²) < 4.78 is 30.8. The number of benzene rings is 1. The largest absolute Gasteiger partial charge is 0.415 e. The van der Waals surface area contributed by atoms with E-state index in [1.165, 1.54) is 12.4 Å². The Hall–Kier alpha value is -3.08. The summed E-state index contributed by atoms with van der Waals surface area (Å²) in [6.45, 7) is 3.36. The molecule has 3 aromatic rings. The molecule has 1 aliphatic heterocycles. The lowest BCUT2D eigenvalue weighted by atomic mass is 9.77. The molecule has 1 aromatic carbocycles. The number of carbonyl (C=O) groups excluding carboxylic acids is 2. The number of hydrogen-bond donors (Lipinski definition) is 0. The summed E-state index contributed by atoms with van der Waals surface area (Å²) in [6, 6.07) is 5.18. The SMILES string of the molecule is CC1(C)C(=O)N(Cc2ncc(-c3nnc(C(F)F)o3)cn2)C(=O)c2ccc(Br)cc21. The number of carbonyl (C=O) groups is 2. The van der Waals surface area contributed by atoms with Crippen molar-refractivity contribution in [3.63, 3.8) is 0 Å². The first kappa shape index (κ1) is 20.2. The Bertz CT molecular complexity index is 1150. The van der Waals surface area contributed by atoms with Crippen LogP contribution in [0.15, 0.2) is 39.5 Å². The molecule has 0 saturated carbocycles. The molecular weight excluding hydrogens is 464 g/mol. The van der Waals surface area contributed by atoms with Crippen LogP contribution >= 0.6 is 15.9 Å². The van der Waals surface area contributed by atoms with E-state index in [1.807, 2.05) is 0 Å². The molecule has 11 heteroatoms. The van der Waals surface area contributed by atoms with Crippen LogP contribution in [0.25, 0.3) is 11.5 Å². The van der Waals surface area contributed by atoms with Crippen LogP contribution in [0.4, 0.5) is 8.78 Å². The highest BCUT2D eigenvalue weighted by Gasteiger charge is 2.44. The maximum Gasteiger partial charge on any atom is 0.314 e. The van der Waals surface area contributed by atoms with Crippen molar-refractivity contribution >= 4 is 27.7 Å². The highest BCUT2D eigenvalue weighted by Crippen LogP contribution is 2.36. The summed E-state index contributed by atoms with van der Waals surface area (Å²) in [5, 5.41) is 6.78. The van der Waals surface area contributed by atoms with Crippen LogP contribution in [0.2, 0.25) is 0 Å². The van der Waals surface area contributed by atoms with Gasteiger partial charge in [-0.05, 0) is 37.6 Å². The van der Waals surface area contributed by atoms with Crippen molar-refractivity contribution in [2.75, 3.05) is 0 Å². The second-order valence-electron chi connectivity index (χ2n) is 7.15. The standard InChI is InChI=1S/C19H14BrF2N5O3/c1-19(2)12-5-10(20)3-4-11(12)17(28)27(18(19)29)8-13-23-6-9(7-24-13)15-25-26-16(30-15)14(21)22/h3-7,14H,8H2,1-2H3. The highest BCUT2D eigenvalue weighted by atomic mass is 79.9. The van der Waals surface area contributed by atoms with Crippen LogP contribution in [0.5, 0.6) is 0 Å². The van der Waals surface area contributed by atoms with Gasteiger partial charge in [-0.1, -0.05) is 15.9 Å². The molecule has 3 heterocycles. The Morgan fingerprint density at radius 1 is 1.17 bits per heavy atom. The van der Waals surface area contributed by atoms with Gasteiger partial charge in [-0.2, -0.15) is 8.78 Å². The minimum Gasteiger partial charge on any atom is -0.415 e. The van der Waals surface area contributed by atoms with Gasteiger partial charge in [0.1, 0.15) is 5.82 Å². The summed E-state index contributed by atoms with van der Waals surface area (Å²) in [4.78, 5) is 35.3. The minimum absolute atomic E-state index is 0.136. The van der Waals surface area contributed by atoms with Crippen LogP contribution in [-0.4, -0.2) is 36.9 Å². The van der Waals surface area contributed by atoms with Crippen LogP contribution in [-0.2, 0) is 16.8 Å². The summed E-state index contributed by atoms with van der Waals surface area (Å²) in [6.07, 6.45) is -0.269. The number of halogens is 3. The van der Waals surface area contributed by atoms with E-state index in [9.17, 15) is 18.4 Å². The van der Waals surface area contributed by atoms with Gasteiger partial charge in [0.05, 0.1) is 17.5 Å². The second-order valence-corrected chi connectivity index (χ2v) is 8.06. The van der Waals surface area contributed by atoms with Crippen LogP contribution < -0.4 is 0 Å². The topological polar surface area (TPSA) is 102 Å². The summed E-state index contributed by atoms with van der Waals surface area (Å²) in [5.74, 6) is -1.56. The Morgan fingerprint density at radius 3 is 2.50 bits per heavy atom. The molecule has 0 saturated heterocycles. The Kier molecular flexibility index (Phi) is 4.92. The van der Waals surface area contributed by atoms with Crippen molar-refractivity contribution in [2.45, 2.75) is 32.2 Å². The molecule has 0 spiro atoms. The molecule has 154 valence electrons. The number of fused-ring (bicyclic) bond motifs is 1. The van der Waals surface area contributed by atoms with Gasteiger partial charge >= 0.3 is 6.43 Å². The first-order valence-corrected chi connectivity index (χ1v) is 9.57. The number of imide groups is 1. The first-order valence-electron chi connectivity index (χ1n) is 8.77. The maximum atomic E-state index is 13.0. The predicted molar refractivity (Wildman–Crippen MR) is 102 cm³/mol. The van der Waals surface area contributed by atoms with Crippen LogP contribution in [0.3, 0.4) is 0 Å². The van der Waals surface area contributed by atoms with Crippen molar-refractivity contribution in [3.05, 3.63) is 57.9 Å². The van der Waals surface area contributed by atoms with E-state index >= 15 is 0 Å². The molecule has 0 bridgehead atoms. The molecule has 2 aromatic heterocycles. The number of hydrogen-bond acceptors (Lipinski definition) is 7. The quantitative estimate of drug-likeness (QED) is 0.527. The normalized spacial score (nSPS) is 15.6. The summed E-state index contributed by atoms with van der Waals surface area (Å²) in [7, 11) is 0. The van der Waals surface area contributed by atoms with Crippen LogP contribution in [0, 0.1) is 0 Å². The Balaban J connectivity index is 1.60. The number of nitrogens with zero attached hydrogens (tertiary/aromatic N) is 5. The minimum atomic E-state index is -2.88. The van der Waals surface area contributed by atoms with E-state index in [1.54, 1.807) is 32.0 Å². The van der Waals surface area contributed by atoms with Crippen molar-refractivity contribution in [1.82, 2.24) is 25.1 Å². The molecule has 0 N–H and O–H groups in total. The fourth-order valence-electron chi connectivity index (χ4n) is 3.18. The fraction of sp³-hybridized carbons (Fsp3) is 0.263. The van der Waals surface area contributed by atoms with Gasteiger partial charge < -0.3 is 4.42 Å². The van der Waals surface area contributed by atoms with Gasteiger partial charge in [0.15, 0.2) is 0 Å². The molecule has 8 nitrogen and oxygen atoms in total. The molecule has 0 unspecified atom stereocenters. The number of alkyl halides is 2. The smallest absolute Gasteiger partial charge is 0.314 e. The van der Waals surface area contributed by atoms with Gasteiger partial charge in [0, 0.05) is 22.4 Å². The van der Waals surface area contributed by atoms with Gasteiger partial charge in [-0.3, -0.25) is 14.5 Å². The molecule has 2 amide bonds. The molecule has 0 fully saturated rings. The van der Waals surface area contributed by atoms with E-state index in [2.05, 4.69) is 36.1 Å². The monoisotopic (exact) mass is 477 g/mol. The molecule has 4 rings (SSSR count). The number of aromatic nitrogens is 4. The summed E-state index contributed by atoms with van der Waals surface area (Å²) in [5.41, 5.74) is 0.406. The Labute approximate surface area is 177 Å². The number of rotatable bonds is 4. The lowest BCUT2D eigenvalue weighted by Crippen LogP contribution is -2.51. The Morgan fingerprint density at radius 2 is 1.87 bits per heavy atom. The zero-order valence-corrected chi connectivity index (χ0v) is 17.4. The van der Waals surface area contributed by atoms with E-state index in [4.69, 9.17) is 4.42 Å². The van der Waals surface area contributed by atoms with E-state index in [0.717, 1.165) is 9.37 Å². The molecule has 1 aliphatic rings. The van der Waals surface area contributed by atoms with Crippen LogP contribution in [0.1, 0.15) is 47.9 Å². The average Bonchev–Trinajstić information content (AvgIpc) is 3.21. The van der Waals surface area contributed by atoms with Crippen molar-refractivity contribution < 1.29 is 22.8 Å². The third-order valence-corrected chi connectivity index (χ3v) is 5.28. The highest BCUT2D eigenvalue weighted by molar-refractivity contribution is 9.10. The molecule has 0 atom stereocenters. The zero-order chi connectivity index (χ0) is 21.6. The van der Waals surface area contributed by atoms with E-state index in [-0.39, 0.29) is 29.7 Å². The fourth-order valence-corrected chi connectivity index (χ4v) is 3.54. The molecule has 0 radical (unpaired) electrons. The average molecular weight is 478 g/mol. The second kappa shape index (κ2) is 7.31. The first-order chi connectivity index (χ1) is 14.2. The van der Waals surface area contributed by atoms with Gasteiger partial charge in [0.25, 0.3) is 17.7 Å². The van der Waals surface area contributed by atoms with Gasteiger partial charge in [-0.15, -0.1) is 10.2 Å². The number of amides is 2. The molecular formula is C19H14BrF2N5O3. The predicted octanol–water partition coefficient (Wildman–Crippen LogP) is 3.69. The molecule has 30 heavy (non-hydrogen) atoms. The van der Waals surface area contributed by atoms with Gasteiger partial charge in [0.2, 0.25) is 5.91 Å². The zero-order valence-electron chi connectivity index (χ0n) is 15.8. The molecule has 0 aliphatic carbocycles. The van der Waals surface area contributed by atoms with Gasteiger partial charge in [-0.25, -0.2) is 9.97 Å². The van der Waals surface area contributed by atoms with E-state index in [0.29, 0.717) is 11.1 Å². The lowest BCUT2D eigenvalue weighted by molar-refractivity contribution is -0.134. The summed E-state index contributed by atoms with van der Waals surface area (Å²) >= 11 is 3.37.